The van der Waals surface area contributed by atoms with Gasteiger partial charge in [0.1, 0.15) is 0 Å². The summed E-state index contributed by atoms with van der Waals surface area (Å²) in [4.78, 5) is 4.26. The summed E-state index contributed by atoms with van der Waals surface area (Å²) in [7, 11) is 2.02. The lowest BCUT2D eigenvalue weighted by Crippen LogP contribution is -2.14. The largest absolute Gasteiger partial charge is 0.320 e. The van der Waals surface area contributed by atoms with Crippen molar-refractivity contribution in [1.29, 1.82) is 0 Å². The molecule has 0 radical (unpaired) electrons. The molecule has 0 saturated carbocycles. The second-order valence-electron chi connectivity index (χ2n) is 3.88. The zero-order valence-corrected chi connectivity index (χ0v) is 8.21. The molecular weight excluding hydrogens is 148 g/mol. The Balaban J connectivity index is 2.04. The summed E-state index contributed by atoms with van der Waals surface area (Å²) in [6.07, 6.45) is 5.94. The third kappa shape index (κ3) is 3.35. The topological polar surface area (TPSA) is 24.4 Å². The van der Waals surface area contributed by atoms with Crippen LogP contribution >= 0.6 is 0 Å². The van der Waals surface area contributed by atoms with E-state index in [2.05, 4.69) is 23.4 Å². The predicted octanol–water partition coefficient (Wildman–Crippen LogP) is 1.71. The number of nitrogens with zero attached hydrogens (tertiary/aromatic N) is 1. The maximum absolute atomic E-state index is 4.26. The van der Waals surface area contributed by atoms with E-state index in [4.69, 9.17) is 0 Å². The Hall–Kier alpha value is -0.370. The number of hydrogen-bond donors (Lipinski definition) is 1. The molecule has 2 unspecified atom stereocenters. The van der Waals surface area contributed by atoms with E-state index in [0.717, 1.165) is 24.9 Å². The minimum atomic E-state index is 0.844. The Morgan fingerprint density at radius 1 is 1.67 bits per heavy atom. The Bertz CT molecular complexity index is 135. The van der Waals surface area contributed by atoms with Crippen molar-refractivity contribution in [3.63, 3.8) is 0 Å². The Kier molecular flexibility index (Phi) is 4.30. The average molecular weight is 168 g/mol. The van der Waals surface area contributed by atoms with Crippen LogP contribution in [-0.4, -0.2) is 26.4 Å². The molecule has 0 amide bonds. The summed E-state index contributed by atoms with van der Waals surface area (Å²) >= 11 is 0. The minimum Gasteiger partial charge on any atom is -0.320 e. The van der Waals surface area contributed by atoms with Crippen molar-refractivity contribution in [2.45, 2.75) is 26.2 Å². The highest BCUT2D eigenvalue weighted by Crippen LogP contribution is 2.20. The van der Waals surface area contributed by atoms with Crippen LogP contribution in [0.3, 0.4) is 0 Å². The lowest BCUT2D eigenvalue weighted by molar-refractivity contribution is 0.395. The van der Waals surface area contributed by atoms with Crippen LogP contribution in [0.15, 0.2) is 4.99 Å². The van der Waals surface area contributed by atoms with E-state index in [1.807, 2.05) is 7.05 Å². The molecule has 1 N–H and O–H groups in total. The normalized spacial score (nSPS) is 24.7. The molecular formula is C10H20N2. The second-order valence-corrected chi connectivity index (χ2v) is 3.88. The zero-order chi connectivity index (χ0) is 8.81. The Morgan fingerprint density at radius 3 is 3.08 bits per heavy atom. The van der Waals surface area contributed by atoms with Crippen LogP contribution in [0.25, 0.3) is 0 Å². The van der Waals surface area contributed by atoms with Crippen LogP contribution in [0, 0.1) is 11.8 Å². The van der Waals surface area contributed by atoms with Gasteiger partial charge in [-0.3, -0.25) is 4.99 Å². The van der Waals surface area contributed by atoms with Crippen molar-refractivity contribution in [2.75, 3.05) is 20.1 Å². The molecule has 1 heterocycles. The summed E-state index contributed by atoms with van der Waals surface area (Å²) in [6, 6.07) is 0. The fraction of sp³-hybridized carbons (Fsp3) is 0.900. The number of hydrogen-bond acceptors (Lipinski definition) is 2. The highest BCUT2D eigenvalue weighted by molar-refractivity contribution is 5.59. The highest BCUT2D eigenvalue weighted by Gasteiger charge is 2.14. The Labute approximate surface area is 75.5 Å². The van der Waals surface area contributed by atoms with Gasteiger partial charge >= 0.3 is 0 Å². The maximum atomic E-state index is 4.26. The number of nitrogens with one attached hydrogen (secondary N) is 1. The van der Waals surface area contributed by atoms with Gasteiger partial charge in [-0.1, -0.05) is 6.92 Å². The molecule has 0 saturated heterocycles. The van der Waals surface area contributed by atoms with Crippen LogP contribution < -0.4 is 5.32 Å². The van der Waals surface area contributed by atoms with Gasteiger partial charge in [-0.05, 0) is 50.9 Å². The number of aliphatic imine (C=N–C) groups is 1. The maximum Gasteiger partial charge on any atom is 0.0417 e. The molecule has 70 valence electrons. The van der Waals surface area contributed by atoms with Gasteiger partial charge in [-0.25, -0.2) is 0 Å². The van der Waals surface area contributed by atoms with Gasteiger partial charge in [0.15, 0.2) is 0 Å². The van der Waals surface area contributed by atoms with Crippen LogP contribution in [-0.2, 0) is 0 Å². The smallest absolute Gasteiger partial charge is 0.0417 e. The SMILES string of the molecule is CNCCC(C)CC1CC=NC1. The Morgan fingerprint density at radius 2 is 2.50 bits per heavy atom. The number of rotatable bonds is 5. The third-order valence-corrected chi connectivity index (χ3v) is 2.55. The van der Waals surface area contributed by atoms with E-state index in [-0.39, 0.29) is 0 Å². The van der Waals surface area contributed by atoms with Gasteiger partial charge in [-0.15, -0.1) is 0 Å². The van der Waals surface area contributed by atoms with Crippen molar-refractivity contribution >= 4 is 6.21 Å². The van der Waals surface area contributed by atoms with E-state index in [0.29, 0.717) is 0 Å². The van der Waals surface area contributed by atoms with Gasteiger partial charge in [-0.2, -0.15) is 0 Å². The van der Waals surface area contributed by atoms with Crippen LogP contribution in [0.5, 0.6) is 0 Å². The quantitative estimate of drug-likeness (QED) is 0.664. The first-order valence-electron chi connectivity index (χ1n) is 4.95. The molecule has 0 aromatic carbocycles. The summed E-state index contributed by atoms with van der Waals surface area (Å²) in [5, 5.41) is 3.19. The van der Waals surface area contributed by atoms with Gasteiger partial charge in [0.05, 0.1) is 0 Å². The first kappa shape index (κ1) is 9.72. The molecule has 2 heteroatoms. The van der Waals surface area contributed by atoms with Gasteiger partial charge in [0.2, 0.25) is 0 Å². The summed E-state index contributed by atoms with van der Waals surface area (Å²) in [5.41, 5.74) is 0. The predicted molar refractivity (Wildman–Crippen MR) is 53.8 cm³/mol. The molecule has 0 spiro atoms. The minimum absolute atomic E-state index is 0.844. The molecule has 0 bridgehead atoms. The van der Waals surface area contributed by atoms with Gasteiger partial charge in [0, 0.05) is 6.54 Å². The monoisotopic (exact) mass is 168 g/mol. The van der Waals surface area contributed by atoms with Crippen molar-refractivity contribution in [2.24, 2.45) is 16.8 Å². The standard InChI is InChI=1S/C10H20N2/c1-9(3-5-11-2)7-10-4-6-12-8-10/h6,9-11H,3-5,7-8H2,1-2H3. The van der Waals surface area contributed by atoms with Crippen molar-refractivity contribution in [3.8, 4) is 0 Å². The first-order chi connectivity index (χ1) is 5.83. The molecule has 1 rings (SSSR count). The van der Waals surface area contributed by atoms with E-state index in [1.54, 1.807) is 0 Å². The summed E-state index contributed by atoms with van der Waals surface area (Å²) in [5.74, 6) is 1.70. The molecule has 0 aliphatic carbocycles. The fourth-order valence-corrected chi connectivity index (χ4v) is 1.77. The average Bonchev–Trinajstić information content (AvgIpc) is 2.53. The van der Waals surface area contributed by atoms with Gasteiger partial charge in [0.25, 0.3) is 0 Å². The molecule has 0 aromatic heterocycles. The third-order valence-electron chi connectivity index (χ3n) is 2.55. The molecule has 2 nitrogen and oxygen atoms in total. The first-order valence-corrected chi connectivity index (χ1v) is 4.95. The molecule has 1 aliphatic heterocycles. The lowest BCUT2D eigenvalue weighted by Gasteiger charge is -2.14. The molecule has 12 heavy (non-hydrogen) atoms. The highest BCUT2D eigenvalue weighted by atomic mass is 14.8. The lowest BCUT2D eigenvalue weighted by atomic mass is 9.93. The van der Waals surface area contributed by atoms with E-state index in [1.165, 1.54) is 19.3 Å². The van der Waals surface area contributed by atoms with Crippen LogP contribution in [0.1, 0.15) is 26.2 Å². The van der Waals surface area contributed by atoms with Crippen molar-refractivity contribution in [1.82, 2.24) is 5.32 Å². The van der Waals surface area contributed by atoms with Crippen LogP contribution in [0.4, 0.5) is 0 Å². The molecule has 1 aliphatic rings. The summed E-state index contributed by atoms with van der Waals surface area (Å²) < 4.78 is 0. The van der Waals surface area contributed by atoms with Gasteiger partial charge < -0.3 is 5.32 Å². The molecule has 2 atom stereocenters. The van der Waals surface area contributed by atoms with E-state index >= 15 is 0 Å². The van der Waals surface area contributed by atoms with Crippen molar-refractivity contribution in [3.05, 3.63) is 0 Å². The zero-order valence-electron chi connectivity index (χ0n) is 8.21. The summed E-state index contributed by atoms with van der Waals surface area (Å²) in [6.45, 7) is 4.56. The fourth-order valence-electron chi connectivity index (χ4n) is 1.77. The second kappa shape index (κ2) is 5.31. The molecule has 0 aromatic rings. The van der Waals surface area contributed by atoms with E-state index in [9.17, 15) is 0 Å². The van der Waals surface area contributed by atoms with Crippen molar-refractivity contribution < 1.29 is 0 Å². The van der Waals surface area contributed by atoms with Crippen LogP contribution in [0.2, 0.25) is 0 Å². The van der Waals surface area contributed by atoms with E-state index < -0.39 is 0 Å². The molecule has 0 fully saturated rings.